The zero-order valence-electron chi connectivity index (χ0n) is 21.3. The first-order chi connectivity index (χ1) is 18.7. The summed E-state index contributed by atoms with van der Waals surface area (Å²) >= 11 is 1.82. The molecule has 4 aromatic rings. The van der Waals surface area contributed by atoms with Crippen molar-refractivity contribution >= 4 is 29.0 Å². The molecule has 0 radical (unpaired) electrons. The molecule has 5 unspecified atom stereocenters. The van der Waals surface area contributed by atoms with E-state index < -0.39 is 0 Å². The minimum absolute atomic E-state index is 0.0379. The number of hydrogen-bond acceptors (Lipinski definition) is 3. The van der Waals surface area contributed by atoms with Gasteiger partial charge < -0.3 is 10.6 Å². The Hall–Kier alpha value is -3.50. The molecule has 4 heteroatoms. The molecule has 5 atom stereocenters. The molecule has 2 fully saturated rings. The molecule has 3 nitrogen and oxygen atoms in total. The molecule has 1 heterocycles. The van der Waals surface area contributed by atoms with Gasteiger partial charge in [-0.25, -0.2) is 0 Å². The van der Waals surface area contributed by atoms with Crippen LogP contribution in [-0.4, -0.2) is 5.91 Å². The van der Waals surface area contributed by atoms with Crippen LogP contribution in [0.1, 0.15) is 58.3 Å². The Bertz CT molecular complexity index is 1440. The lowest BCUT2D eigenvalue weighted by molar-refractivity contribution is 0.102. The quantitative estimate of drug-likeness (QED) is 0.252. The van der Waals surface area contributed by atoms with Gasteiger partial charge in [0.1, 0.15) is 0 Å². The van der Waals surface area contributed by atoms with Crippen LogP contribution in [0.2, 0.25) is 0 Å². The maximum Gasteiger partial charge on any atom is 0.255 e. The Morgan fingerprint density at radius 2 is 1.58 bits per heavy atom. The zero-order valence-corrected chi connectivity index (χ0v) is 22.2. The molecule has 1 aliphatic heterocycles. The fourth-order valence-electron chi connectivity index (χ4n) is 7.19. The second-order valence-electron chi connectivity index (χ2n) is 11.0. The fourth-order valence-corrected chi connectivity index (χ4v) is 8.06. The minimum Gasteiger partial charge on any atom is -0.378 e. The Kier molecular flexibility index (Phi) is 6.21. The number of hydrogen-bond donors (Lipinski definition) is 2. The van der Waals surface area contributed by atoms with E-state index in [1.54, 1.807) is 0 Å². The summed E-state index contributed by atoms with van der Waals surface area (Å²) in [6, 6.07) is 36.2. The van der Waals surface area contributed by atoms with Crippen LogP contribution >= 0.6 is 11.8 Å². The molecular formula is C34H32N2OS. The highest BCUT2D eigenvalue weighted by Gasteiger charge is 2.53. The maximum absolute atomic E-state index is 13.3. The first-order valence-electron chi connectivity index (χ1n) is 13.8. The van der Waals surface area contributed by atoms with Gasteiger partial charge in [-0.3, -0.25) is 4.79 Å². The van der Waals surface area contributed by atoms with E-state index in [-0.39, 0.29) is 5.91 Å². The van der Waals surface area contributed by atoms with Gasteiger partial charge >= 0.3 is 0 Å². The molecule has 190 valence electrons. The Morgan fingerprint density at radius 1 is 0.842 bits per heavy atom. The van der Waals surface area contributed by atoms with E-state index in [1.165, 1.54) is 46.5 Å². The molecule has 7 rings (SSSR count). The van der Waals surface area contributed by atoms with Crippen LogP contribution in [0.3, 0.4) is 0 Å². The summed E-state index contributed by atoms with van der Waals surface area (Å²) in [4.78, 5) is 14.6. The molecular weight excluding hydrogens is 484 g/mol. The molecule has 0 aromatic heterocycles. The highest BCUT2D eigenvalue weighted by atomic mass is 32.2. The number of rotatable bonds is 6. The van der Waals surface area contributed by atoms with Gasteiger partial charge in [-0.1, -0.05) is 60.7 Å². The van der Waals surface area contributed by atoms with Crippen molar-refractivity contribution in [1.82, 2.24) is 0 Å². The lowest BCUT2D eigenvalue weighted by atomic mass is 9.68. The lowest BCUT2D eigenvalue weighted by Gasteiger charge is -2.43. The van der Waals surface area contributed by atoms with Crippen molar-refractivity contribution in [3.63, 3.8) is 0 Å². The third-order valence-corrected chi connectivity index (χ3v) is 9.95. The highest BCUT2D eigenvalue weighted by Crippen LogP contribution is 2.63. The summed E-state index contributed by atoms with van der Waals surface area (Å²) in [5.74, 6) is 3.50. The number of carbonyl (C=O) groups excluding carboxylic acids is 1. The van der Waals surface area contributed by atoms with Gasteiger partial charge in [0.05, 0.1) is 6.04 Å². The number of anilines is 2. The van der Waals surface area contributed by atoms with Crippen LogP contribution in [0, 0.1) is 17.8 Å². The predicted octanol–water partition coefficient (Wildman–Crippen LogP) is 8.53. The van der Waals surface area contributed by atoms with Gasteiger partial charge in [0.25, 0.3) is 5.91 Å². The SMILES string of the molecule is O=C(Nc1ccc(CSc2ccccc2)cc1)c1ccc2c(c1)C1C3CCC(C3)C1C(c1ccccc1)N2. The predicted molar refractivity (Wildman–Crippen MR) is 157 cm³/mol. The Labute approximate surface area is 229 Å². The van der Waals surface area contributed by atoms with Gasteiger partial charge in [-0.05, 0) is 102 Å². The number of benzene rings is 4. The van der Waals surface area contributed by atoms with Crippen LogP contribution in [0.5, 0.6) is 0 Å². The van der Waals surface area contributed by atoms with Crippen molar-refractivity contribution < 1.29 is 4.79 Å². The van der Waals surface area contributed by atoms with Crippen LogP contribution in [0.15, 0.2) is 108 Å². The standard InChI is InChI=1S/C34H32N2OS/c37-34(35-27-16-11-22(12-17-27)21-38-28-9-5-2-6-10-28)26-15-18-30-29(20-26)31-24-13-14-25(19-24)32(31)33(36-30)23-7-3-1-4-8-23/h1-12,15-18,20,24-25,31-33,36H,13-14,19,21H2,(H,35,37). The Balaban J connectivity index is 1.08. The van der Waals surface area contributed by atoms with Crippen LogP contribution in [-0.2, 0) is 5.75 Å². The highest BCUT2D eigenvalue weighted by molar-refractivity contribution is 7.98. The molecule has 2 aliphatic carbocycles. The largest absolute Gasteiger partial charge is 0.378 e. The molecule has 38 heavy (non-hydrogen) atoms. The van der Waals surface area contributed by atoms with Gasteiger partial charge in [0, 0.05) is 27.6 Å². The average Bonchev–Trinajstić information content (AvgIpc) is 3.60. The van der Waals surface area contributed by atoms with Gasteiger partial charge in [-0.15, -0.1) is 11.8 Å². The third-order valence-electron chi connectivity index (χ3n) is 8.87. The molecule has 4 aromatic carbocycles. The van der Waals surface area contributed by atoms with Gasteiger partial charge in [0.2, 0.25) is 0 Å². The van der Waals surface area contributed by atoms with E-state index in [4.69, 9.17) is 0 Å². The van der Waals surface area contributed by atoms with E-state index in [9.17, 15) is 4.79 Å². The van der Waals surface area contributed by atoms with Crippen molar-refractivity contribution in [2.75, 3.05) is 10.6 Å². The fraction of sp³-hybridized carbons (Fsp3) is 0.265. The summed E-state index contributed by atoms with van der Waals surface area (Å²) in [5, 5.41) is 7.01. The van der Waals surface area contributed by atoms with Crippen molar-refractivity contribution in [3.8, 4) is 0 Å². The van der Waals surface area contributed by atoms with E-state index in [1.807, 2.05) is 36.0 Å². The average molecular weight is 517 g/mol. The van der Waals surface area contributed by atoms with E-state index in [2.05, 4.69) is 89.5 Å². The lowest BCUT2D eigenvalue weighted by Crippen LogP contribution is -2.35. The van der Waals surface area contributed by atoms with E-state index in [0.717, 1.165) is 28.8 Å². The summed E-state index contributed by atoms with van der Waals surface area (Å²) in [6.07, 6.45) is 3.98. The summed E-state index contributed by atoms with van der Waals surface area (Å²) in [6.45, 7) is 0. The number of thioether (sulfide) groups is 1. The van der Waals surface area contributed by atoms with Crippen molar-refractivity contribution in [2.45, 2.75) is 41.9 Å². The van der Waals surface area contributed by atoms with E-state index in [0.29, 0.717) is 17.9 Å². The topological polar surface area (TPSA) is 41.1 Å². The zero-order chi connectivity index (χ0) is 25.5. The van der Waals surface area contributed by atoms with Crippen molar-refractivity contribution in [2.24, 2.45) is 17.8 Å². The second kappa shape index (κ2) is 9.99. The van der Waals surface area contributed by atoms with Gasteiger partial charge in [-0.2, -0.15) is 0 Å². The molecule has 2 bridgehead atoms. The first-order valence-corrected chi connectivity index (χ1v) is 14.7. The van der Waals surface area contributed by atoms with Crippen molar-refractivity contribution in [1.29, 1.82) is 0 Å². The third kappa shape index (κ3) is 4.41. The normalized spacial score (nSPS) is 24.8. The number of nitrogens with one attached hydrogen (secondary N) is 2. The molecule has 2 saturated carbocycles. The Morgan fingerprint density at radius 3 is 2.37 bits per heavy atom. The minimum atomic E-state index is -0.0379. The first kappa shape index (κ1) is 23.6. The number of amides is 1. The smallest absolute Gasteiger partial charge is 0.255 e. The molecule has 2 N–H and O–H groups in total. The molecule has 1 amide bonds. The molecule has 3 aliphatic rings. The van der Waals surface area contributed by atoms with Crippen LogP contribution in [0.4, 0.5) is 11.4 Å². The summed E-state index contributed by atoms with van der Waals surface area (Å²) in [7, 11) is 0. The number of fused-ring (bicyclic) bond motifs is 7. The van der Waals surface area contributed by atoms with E-state index >= 15 is 0 Å². The molecule has 0 spiro atoms. The van der Waals surface area contributed by atoms with Crippen molar-refractivity contribution in [3.05, 3.63) is 125 Å². The monoisotopic (exact) mass is 516 g/mol. The van der Waals surface area contributed by atoms with Gasteiger partial charge in [0.15, 0.2) is 0 Å². The summed E-state index contributed by atoms with van der Waals surface area (Å²) < 4.78 is 0. The van der Waals surface area contributed by atoms with Crippen LogP contribution < -0.4 is 10.6 Å². The number of carbonyl (C=O) groups is 1. The van der Waals surface area contributed by atoms with Crippen LogP contribution in [0.25, 0.3) is 0 Å². The second-order valence-corrected chi connectivity index (χ2v) is 12.1. The maximum atomic E-state index is 13.3. The molecule has 0 saturated heterocycles. The summed E-state index contributed by atoms with van der Waals surface area (Å²) in [5.41, 5.74) is 6.75.